The van der Waals surface area contributed by atoms with Crippen molar-refractivity contribution >= 4 is 40.9 Å². The lowest BCUT2D eigenvalue weighted by Crippen LogP contribution is -2.16. The number of carbonyl (C=O) groups excluding carboxylic acids is 1. The Morgan fingerprint density at radius 2 is 1.82 bits per heavy atom. The summed E-state index contributed by atoms with van der Waals surface area (Å²) >= 11 is 6.16. The fraction of sp³-hybridized carbons (Fsp3) is 0.333. The minimum Gasteiger partial charge on any atom is -0.481 e. The van der Waals surface area contributed by atoms with E-state index >= 15 is 0 Å². The van der Waals surface area contributed by atoms with Gasteiger partial charge in [-0.25, -0.2) is 0 Å². The second kappa shape index (κ2) is 10.0. The van der Waals surface area contributed by atoms with Crippen molar-refractivity contribution in [2.24, 2.45) is 5.92 Å². The Kier molecular flexibility index (Phi) is 6.93. The molecule has 1 amide bonds. The smallest absolute Gasteiger partial charge is 0.320 e. The Morgan fingerprint density at radius 3 is 2.52 bits per heavy atom. The predicted molar refractivity (Wildman–Crippen MR) is 125 cm³/mol. The normalized spacial score (nSPS) is 18.0. The zero-order valence-electron chi connectivity index (χ0n) is 18.2. The van der Waals surface area contributed by atoms with Gasteiger partial charge in [-0.2, -0.15) is 0 Å². The number of aliphatic carboxylic acids is 1. The van der Waals surface area contributed by atoms with Gasteiger partial charge in [-0.3, -0.25) is 9.59 Å². The van der Waals surface area contributed by atoms with E-state index in [1.54, 1.807) is 6.07 Å². The lowest BCUT2D eigenvalue weighted by molar-refractivity contribution is -0.138. The maximum atomic E-state index is 12.5. The van der Waals surface area contributed by atoms with Gasteiger partial charge in [0.1, 0.15) is 0 Å². The Morgan fingerprint density at radius 1 is 1.09 bits per heavy atom. The van der Waals surface area contributed by atoms with Crippen molar-refractivity contribution < 1.29 is 19.1 Å². The average molecular weight is 469 g/mol. The lowest BCUT2D eigenvalue weighted by Gasteiger charge is -2.28. The zero-order chi connectivity index (χ0) is 23.4. The van der Waals surface area contributed by atoms with E-state index < -0.39 is 11.9 Å². The summed E-state index contributed by atoms with van der Waals surface area (Å²) in [6.45, 7) is 1.93. The number of carboxylic acid groups (broad SMARTS) is 1. The number of carbonyl (C=O) groups is 2. The van der Waals surface area contributed by atoms with Gasteiger partial charge in [0.25, 0.3) is 0 Å². The number of aromatic nitrogens is 2. The third-order valence-electron chi connectivity index (χ3n) is 5.93. The molecule has 0 atom stereocenters. The first-order valence-corrected chi connectivity index (χ1v) is 11.2. The molecule has 0 spiro atoms. The van der Waals surface area contributed by atoms with Crippen molar-refractivity contribution in [2.75, 3.05) is 10.6 Å². The third kappa shape index (κ3) is 5.90. The number of carboxylic acids is 1. The van der Waals surface area contributed by atoms with E-state index in [9.17, 15) is 9.59 Å². The minimum absolute atomic E-state index is 0.0708. The molecule has 0 unspecified atom stereocenters. The van der Waals surface area contributed by atoms with Crippen LogP contribution in [0.2, 0.25) is 5.02 Å². The predicted octanol–water partition coefficient (Wildman–Crippen LogP) is 5.78. The summed E-state index contributed by atoms with van der Waals surface area (Å²) in [5.41, 5.74) is 3.44. The third-order valence-corrected chi connectivity index (χ3v) is 6.26. The van der Waals surface area contributed by atoms with Crippen LogP contribution in [0.4, 0.5) is 17.4 Å². The summed E-state index contributed by atoms with van der Waals surface area (Å²) in [5.74, 6) is -0.706. The molecule has 4 rings (SSSR count). The molecule has 1 saturated carbocycles. The van der Waals surface area contributed by atoms with Crippen LogP contribution in [-0.4, -0.2) is 27.2 Å². The van der Waals surface area contributed by atoms with Crippen molar-refractivity contribution in [2.45, 2.75) is 44.9 Å². The van der Waals surface area contributed by atoms with Crippen LogP contribution >= 0.6 is 11.6 Å². The van der Waals surface area contributed by atoms with Gasteiger partial charge in [-0.1, -0.05) is 34.9 Å². The molecule has 8 nitrogen and oxygen atoms in total. The van der Waals surface area contributed by atoms with E-state index in [-0.39, 0.29) is 24.2 Å². The van der Waals surface area contributed by atoms with E-state index in [2.05, 4.69) is 20.8 Å². The van der Waals surface area contributed by atoms with Gasteiger partial charge in [0, 0.05) is 12.1 Å². The maximum Gasteiger partial charge on any atom is 0.320 e. The molecule has 33 heavy (non-hydrogen) atoms. The Bertz CT molecular complexity index is 1140. The van der Waals surface area contributed by atoms with Crippen molar-refractivity contribution in [3.8, 4) is 0 Å². The fourth-order valence-corrected chi connectivity index (χ4v) is 4.35. The van der Waals surface area contributed by atoms with Crippen molar-refractivity contribution in [1.82, 2.24) is 10.2 Å². The number of hydrogen-bond acceptors (Lipinski definition) is 6. The van der Waals surface area contributed by atoms with Crippen molar-refractivity contribution in [1.29, 1.82) is 0 Å². The number of nitrogens with one attached hydrogen (secondary N) is 2. The molecular weight excluding hydrogens is 444 g/mol. The highest BCUT2D eigenvalue weighted by Gasteiger charge is 2.24. The molecule has 3 aromatic rings. The molecule has 1 aliphatic carbocycles. The largest absolute Gasteiger partial charge is 0.481 e. The van der Waals surface area contributed by atoms with Gasteiger partial charge >= 0.3 is 23.8 Å². The highest BCUT2D eigenvalue weighted by molar-refractivity contribution is 6.33. The molecule has 1 fully saturated rings. The van der Waals surface area contributed by atoms with Gasteiger partial charge in [-0.15, -0.1) is 5.10 Å². The van der Waals surface area contributed by atoms with E-state index in [1.165, 1.54) is 5.56 Å². The molecule has 0 radical (unpaired) electrons. The topological polar surface area (TPSA) is 117 Å². The second-order valence-electron chi connectivity index (χ2n) is 8.41. The molecule has 1 aliphatic rings. The van der Waals surface area contributed by atoms with Crippen LogP contribution in [0.1, 0.15) is 59.8 Å². The zero-order valence-corrected chi connectivity index (χ0v) is 18.9. The van der Waals surface area contributed by atoms with E-state index in [4.69, 9.17) is 21.1 Å². The van der Waals surface area contributed by atoms with Crippen LogP contribution in [0.5, 0.6) is 0 Å². The van der Waals surface area contributed by atoms with Crippen LogP contribution in [-0.2, 0) is 4.79 Å². The number of halogens is 1. The Labute approximate surface area is 196 Å². The van der Waals surface area contributed by atoms with Crippen molar-refractivity contribution in [3.63, 3.8) is 0 Å². The number of amides is 1. The van der Waals surface area contributed by atoms with Gasteiger partial charge in [0.05, 0.1) is 10.7 Å². The molecule has 172 valence electrons. The Balaban J connectivity index is 1.33. The summed E-state index contributed by atoms with van der Waals surface area (Å²) in [4.78, 5) is 23.4. The second-order valence-corrected chi connectivity index (χ2v) is 8.82. The summed E-state index contributed by atoms with van der Waals surface area (Å²) < 4.78 is 5.43. The van der Waals surface area contributed by atoms with Gasteiger partial charge in [0.2, 0.25) is 0 Å². The van der Waals surface area contributed by atoms with Gasteiger partial charge < -0.3 is 20.2 Å². The fourth-order valence-electron chi connectivity index (χ4n) is 4.19. The molecule has 9 heteroatoms. The quantitative estimate of drug-likeness (QED) is 0.402. The standard InChI is InChI=1S/C24H25ClN4O4/c1-14-2-11-19(25)20(12-14)27-24-29-28-23(33-24)22(32)26-18-9-7-17(8-10-18)16-5-3-15(4-6-16)13-21(30)31/h2,7-12,15-16H,3-6,13H2,1H3,(H,26,32)(H,27,29)(H,30,31). The highest BCUT2D eigenvalue weighted by Crippen LogP contribution is 2.37. The first-order chi connectivity index (χ1) is 15.9. The van der Waals surface area contributed by atoms with Gasteiger partial charge in [0.15, 0.2) is 0 Å². The molecule has 0 saturated heterocycles. The summed E-state index contributed by atoms with van der Waals surface area (Å²) in [7, 11) is 0. The number of aryl methyl sites for hydroxylation is 1. The average Bonchev–Trinajstić information content (AvgIpc) is 3.26. The molecule has 2 aromatic carbocycles. The first kappa shape index (κ1) is 22.8. The lowest BCUT2D eigenvalue weighted by atomic mass is 9.77. The van der Waals surface area contributed by atoms with Crippen LogP contribution in [0, 0.1) is 12.8 Å². The molecule has 3 N–H and O–H groups in total. The minimum atomic E-state index is -0.721. The van der Waals surface area contributed by atoms with Gasteiger partial charge in [-0.05, 0) is 79.8 Å². The van der Waals surface area contributed by atoms with Crippen LogP contribution in [0.3, 0.4) is 0 Å². The first-order valence-electron chi connectivity index (χ1n) is 10.9. The number of rotatable bonds is 7. The maximum absolute atomic E-state index is 12.5. The van der Waals surface area contributed by atoms with E-state index in [0.717, 1.165) is 31.2 Å². The van der Waals surface area contributed by atoms with E-state index in [1.807, 2.05) is 43.3 Å². The molecular formula is C24H25ClN4O4. The van der Waals surface area contributed by atoms with E-state index in [0.29, 0.717) is 22.3 Å². The number of anilines is 3. The summed E-state index contributed by atoms with van der Waals surface area (Å²) in [6.07, 6.45) is 4.06. The van der Waals surface area contributed by atoms with Crippen LogP contribution in [0.25, 0.3) is 0 Å². The molecule has 0 bridgehead atoms. The molecule has 0 aliphatic heterocycles. The highest BCUT2D eigenvalue weighted by atomic mass is 35.5. The summed E-state index contributed by atoms with van der Waals surface area (Å²) in [5, 5.41) is 22.8. The van der Waals surface area contributed by atoms with Crippen molar-refractivity contribution in [3.05, 3.63) is 64.5 Å². The number of nitrogens with zero attached hydrogens (tertiary/aromatic N) is 2. The number of hydrogen-bond donors (Lipinski definition) is 3. The molecule has 1 aromatic heterocycles. The molecule has 1 heterocycles. The Hall–Kier alpha value is -3.39. The SMILES string of the molecule is Cc1ccc(Cl)c(Nc2nnc(C(=O)Nc3ccc(C4CCC(CC(=O)O)CC4)cc3)o2)c1. The summed E-state index contributed by atoms with van der Waals surface area (Å²) in [6, 6.07) is 13.2. The van der Waals surface area contributed by atoms with Crippen LogP contribution < -0.4 is 10.6 Å². The number of benzene rings is 2. The monoisotopic (exact) mass is 468 g/mol. The van der Waals surface area contributed by atoms with Crippen LogP contribution in [0.15, 0.2) is 46.9 Å².